The highest BCUT2D eigenvalue weighted by atomic mass is 79.9. The molecule has 0 bridgehead atoms. The van der Waals surface area contributed by atoms with Gasteiger partial charge in [-0.1, -0.05) is 105 Å². The second-order valence-electron chi connectivity index (χ2n) is 10.4. The smallest absolute Gasteiger partial charge is 0.240 e. The summed E-state index contributed by atoms with van der Waals surface area (Å²) >= 11 is 6.95. The zero-order valence-corrected chi connectivity index (χ0v) is 28.5. The molecule has 10 heteroatoms. The lowest BCUT2D eigenvalue weighted by Gasteiger charge is -2.10. The van der Waals surface area contributed by atoms with E-state index in [4.69, 9.17) is 9.47 Å². The number of hydrogen-bond acceptors (Lipinski definition) is 6. The molecule has 238 valence electrons. The molecule has 4 aromatic rings. The molecule has 0 saturated heterocycles. The third kappa shape index (κ3) is 12.6. The van der Waals surface area contributed by atoms with Crippen molar-refractivity contribution >= 4 is 56.1 Å². The van der Waals surface area contributed by atoms with E-state index >= 15 is 0 Å². The van der Waals surface area contributed by atoms with E-state index in [9.17, 15) is 9.59 Å². The van der Waals surface area contributed by atoms with Crippen LogP contribution in [0.3, 0.4) is 0 Å². The molecule has 2 amide bonds. The molecule has 0 aliphatic heterocycles. The van der Waals surface area contributed by atoms with E-state index in [-0.39, 0.29) is 11.8 Å². The summed E-state index contributed by atoms with van der Waals surface area (Å²) in [5.74, 6) is 1.02. The molecule has 0 saturated carbocycles. The number of halogens is 2. The number of ether oxygens (including phenoxy) is 2. The topological polar surface area (TPSA) is 101 Å². The zero-order chi connectivity index (χ0) is 32.4. The van der Waals surface area contributed by atoms with Crippen molar-refractivity contribution in [3.63, 3.8) is 0 Å². The van der Waals surface area contributed by atoms with Crippen LogP contribution in [0.2, 0.25) is 0 Å². The Labute approximate surface area is 286 Å². The Morgan fingerprint density at radius 1 is 0.587 bits per heavy atom. The van der Waals surface area contributed by atoms with Gasteiger partial charge in [-0.3, -0.25) is 9.59 Å². The first-order valence-electron chi connectivity index (χ1n) is 15.0. The first-order chi connectivity index (χ1) is 22.5. The molecule has 0 spiro atoms. The number of nitrogens with zero attached hydrogens (tertiary/aromatic N) is 2. The van der Waals surface area contributed by atoms with Crippen LogP contribution in [0.15, 0.2) is 116 Å². The van der Waals surface area contributed by atoms with Crippen LogP contribution in [0.5, 0.6) is 11.5 Å². The van der Waals surface area contributed by atoms with Crippen molar-refractivity contribution in [1.29, 1.82) is 0 Å². The standard InChI is InChI=1S/C36H36Br2N4O4/c37-31-17-19-33(45-25-27-11-5-3-6-12-27)29(21-31)23-39-41-35(43)15-9-1-2-10-16-36(44)42-40-24-30-22-32(38)18-20-34(30)46-26-28-13-7-4-8-14-28/h3-8,11-14,17-24H,1-2,9-10,15-16,25-26H2,(H,41,43)(H,42,44). The molecule has 8 nitrogen and oxygen atoms in total. The van der Waals surface area contributed by atoms with Gasteiger partial charge in [0.1, 0.15) is 24.7 Å². The number of benzene rings is 4. The van der Waals surface area contributed by atoms with Gasteiger partial charge in [-0.05, 0) is 60.4 Å². The van der Waals surface area contributed by atoms with Gasteiger partial charge in [0.05, 0.1) is 12.4 Å². The first-order valence-corrected chi connectivity index (χ1v) is 16.6. The SMILES string of the molecule is O=C(CCCCCCC(=O)NN=Cc1cc(Br)ccc1OCc1ccccc1)NN=Cc1cc(Br)ccc1OCc1ccccc1. The second-order valence-corrected chi connectivity index (χ2v) is 12.2. The Bertz CT molecular complexity index is 1490. The fourth-order valence-corrected chi connectivity index (χ4v) is 5.12. The molecular weight excluding hydrogens is 712 g/mol. The highest BCUT2D eigenvalue weighted by Crippen LogP contribution is 2.24. The lowest BCUT2D eigenvalue weighted by Crippen LogP contribution is -2.17. The van der Waals surface area contributed by atoms with E-state index in [1.165, 1.54) is 0 Å². The van der Waals surface area contributed by atoms with Crippen LogP contribution < -0.4 is 20.3 Å². The van der Waals surface area contributed by atoms with Crippen LogP contribution in [0.4, 0.5) is 0 Å². The lowest BCUT2D eigenvalue weighted by molar-refractivity contribution is -0.122. The largest absolute Gasteiger partial charge is 0.488 e. The Morgan fingerprint density at radius 2 is 1.00 bits per heavy atom. The predicted octanol–water partition coefficient (Wildman–Crippen LogP) is 8.31. The number of hydrazone groups is 2. The van der Waals surface area contributed by atoms with Crippen LogP contribution in [-0.4, -0.2) is 24.2 Å². The van der Waals surface area contributed by atoms with Crippen molar-refractivity contribution in [2.75, 3.05) is 0 Å². The molecule has 0 unspecified atom stereocenters. The van der Waals surface area contributed by atoms with Crippen molar-refractivity contribution in [3.05, 3.63) is 128 Å². The van der Waals surface area contributed by atoms with E-state index in [2.05, 4.69) is 52.9 Å². The second kappa shape index (κ2) is 19.3. The van der Waals surface area contributed by atoms with Crippen LogP contribution in [0.25, 0.3) is 0 Å². The predicted molar refractivity (Wildman–Crippen MR) is 189 cm³/mol. The molecule has 0 aliphatic rings. The summed E-state index contributed by atoms with van der Waals surface area (Å²) in [6.45, 7) is 0.866. The van der Waals surface area contributed by atoms with Crippen molar-refractivity contribution in [1.82, 2.24) is 10.9 Å². The average molecular weight is 749 g/mol. The molecule has 4 aromatic carbocycles. The number of carbonyl (C=O) groups is 2. The number of unbranched alkanes of at least 4 members (excludes halogenated alkanes) is 3. The molecule has 0 aromatic heterocycles. The summed E-state index contributed by atoms with van der Waals surface area (Å²) in [5, 5.41) is 8.24. The normalized spacial score (nSPS) is 11.1. The lowest BCUT2D eigenvalue weighted by atomic mass is 10.1. The summed E-state index contributed by atoms with van der Waals surface area (Å²) in [7, 11) is 0. The van der Waals surface area contributed by atoms with Crippen LogP contribution >= 0.6 is 31.9 Å². The van der Waals surface area contributed by atoms with Gasteiger partial charge < -0.3 is 9.47 Å². The van der Waals surface area contributed by atoms with Gasteiger partial charge in [0.2, 0.25) is 11.8 Å². The fourth-order valence-electron chi connectivity index (χ4n) is 4.36. The van der Waals surface area contributed by atoms with Gasteiger partial charge in [-0.2, -0.15) is 10.2 Å². The van der Waals surface area contributed by atoms with Gasteiger partial charge >= 0.3 is 0 Å². The minimum absolute atomic E-state index is 0.162. The maximum atomic E-state index is 12.3. The maximum absolute atomic E-state index is 12.3. The molecule has 0 atom stereocenters. The van der Waals surface area contributed by atoms with E-state index < -0.39 is 0 Å². The molecule has 2 N–H and O–H groups in total. The molecule has 0 heterocycles. The van der Waals surface area contributed by atoms with E-state index in [1.54, 1.807) is 12.4 Å². The summed E-state index contributed by atoms with van der Waals surface area (Å²) in [4.78, 5) is 24.5. The Kier molecular flexibility index (Phi) is 14.5. The van der Waals surface area contributed by atoms with Gasteiger partial charge in [0.15, 0.2) is 0 Å². The van der Waals surface area contributed by atoms with Gasteiger partial charge in [-0.25, -0.2) is 10.9 Å². The van der Waals surface area contributed by atoms with Crippen LogP contribution in [0, 0.1) is 0 Å². The van der Waals surface area contributed by atoms with Crippen LogP contribution in [0.1, 0.15) is 60.8 Å². The number of carbonyl (C=O) groups excluding carboxylic acids is 2. The minimum atomic E-state index is -0.162. The summed E-state index contributed by atoms with van der Waals surface area (Å²) < 4.78 is 13.7. The average Bonchev–Trinajstić information content (AvgIpc) is 3.06. The third-order valence-corrected chi connectivity index (χ3v) is 7.75. The quantitative estimate of drug-likeness (QED) is 0.0645. The highest BCUT2D eigenvalue weighted by molar-refractivity contribution is 9.10. The number of nitrogens with one attached hydrogen (secondary N) is 2. The van der Waals surface area contributed by atoms with Crippen LogP contribution in [-0.2, 0) is 22.8 Å². The maximum Gasteiger partial charge on any atom is 0.240 e. The van der Waals surface area contributed by atoms with Crippen molar-refractivity contribution in [3.8, 4) is 11.5 Å². The molecule has 0 radical (unpaired) electrons. The number of hydrogen-bond donors (Lipinski definition) is 2. The summed E-state index contributed by atoms with van der Waals surface area (Å²) in [5.41, 5.74) is 8.80. The highest BCUT2D eigenvalue weighted by Gasteiger charge is 2.07. The fraction of sp³-hybridized carbons (Fsp3) is 0.222. The van der Waals surface area contributed by atoms with Crippen molar-refractivity contribution in [2.45, 2.75) is 51.7 Å². The molecule has 0 fully saturated rings. The van der Waals surface area contributed by atoms with E-state index in [0.29, 0.717) is 50.4 Å². The third-order valence-electron chi connectivity index (χ3n) is 6.76. The van der Waals surface area contributed by atoms with Gasteiger partial charge in [0, 0.05) is 32.9 Å². The molecular formula is C36H36Br2N4O4. The minimum Gasteiger partial charge on any atom is -0.488 e. The van der Waals surface area contributed by atoms with E-state index in [1.807, 2.05) is 97.1 Å². The number of amides is 2. The monoisotopic (exact) mass is 746 g/mol. The molecule has 4 rings (SSSR count). The first kappa shape index (κ1) is 34.6. The van der Waals surface area contributed by atoms with Gasteiger partial charge in [0.25, 0.3) is 0 Å². The zero-order valence-electron chi connectivity index (χ0n) is 25.3. The molecule has 0 aliphatic carbocycles. The van der Waals surface area contributed by atoms with Crippen molar-refractivity contribution < 1.29 is 19.1 Å². The summed E-state index contributed by atoms with van der Waals surface area (Å²) in [6, 6.07) is 31.1. The Hall–Kier alpha value is -4.28. The Balaban J connectivity index is 1.10. The Morgan fingerprint density at radius 3 is 1.41 bits per heavy atom. The number of rotatable bonds is 17. The van der Waals surface area contributed by atoms with Crippen molar-refractivity contribution in [2.24, 2.45) is 10.2 Å². The van der Waals surface area contributed by atoms with E-state index in [0.717, 1.165) is 44.0 Å². The summed E-state index contributed by atoms with van der Waals surface area (Å²) in [6.07, 6.45) is 6.94. The van der Waals surface area contributed by atoms with Gasteiger partial charge in [-0.15, -0.1) is 0 Å². The molecule has 46 heavy (non-hydrogen) atoms.